The lowest BCUT2D eigenvalue weighted by Crippen LogP contribution is -1.94. The maximum Gasteiger partial charge on any atom is 0.303 e. The van der Waals surface area contributed by atoms with Crippen molar-refractivity contribution in [2.75, 3.05) is 0 Å². The molecule has 0 aromatic carbocycles. The molecule has 0 unspecified atom stereocenters. The number of hydrogen-bond acceptors (Lipinski definition) is 1. The van der Waals surface area contributed by atoms with Crippen molar-refractivity contribution in [2.24, 2.45) is 5.92 Å². The predicted octanol–water partition coefficient (Wildman–Crippen LogP) is 3.81. The maximum absolute atomic E-state index is 10.1. The number of allylic oxidation sites excluding steroid dienone is 4. The molecular formula is C13H22O2. The largest absolute Gasteiger partial charge is 0.481 e. The van der Waals surface area contributed by atoms with Crippen molar-refractivity contribution in [1.82, 2.24) is 0 Å². The Morgan fingerprint density at radius 3 is 2.00 bits per heavy atom. The molecule has 0 spiro atoms. The van der Waals surface area contributed by atoms with Crippen LogP contribution in [0.15, 0.2) is 37.0 Å². The fraction of sp³-hybridized carbons (Fsp3) is 0.462. The summed E-state index contributed by atoms with van der Waals surface area (Å²) in [6, 6.07) is 0. The minimum Gasteiger partial charge on any atom is -0.481 e. The van der Waals surface area contributed by atoms with Gasteiger partial charge >= 0.3 is 5.97 Å². The molecule has 0 rings (SSSR count). The second kappa shape index (κ2) is 10.8. The standard InChI is InChI=1S/C9H12O2.C4H10/c1-3-5-8(4-2)6-7-9(10)11;1-4(2)3/h3-5H,1-2,6-7H2,(H,10,11);4H,1-3H3/b8-5+;. The third kappa shape index (κ3) is 19.2. The van der Waals surface area contributed by atoms with Gasteiger partial charge in [-0.3, -0.25) is 4.79 Å². The topological polar surface area (TPSA) is 37.3 Å². The van der Waals surface area contributed by atoms with Gasteiger partial charge in [0.05, 0.1) is 0 Å². The molecule has 0 fully saturated rings. The van der Waals surface area contributed by atoms with Gasteiger partial charge in [-0.25, -0.2) is 0 Å². The minimum atomic E-state index is -0.790. The second-order valence-electron chi connectivity index (χ2n) is 3.81. The highest BCUT2D eigenvalue weighted by Gasteiger charge is 1.97. The van der Waals surface area contributed by atoms with E-state index in [4.69, 9.17) is 5.11 Å². The average molecular weight is 210 g/mol. The zero-order valence-corrected chi connectivity index (χ0v) is 9.99. The summed E-state index contributed by atoms with van der Waals surface area (Å²) in [7, 11) is 0. The average Bonchev–Trinajstić information content (AvgIpc) is 2.11. The van der Waals surface area contributed by atoms with Crippen molar-refractivity contribution in [3.8, 4) is 0 Å². The molecule has 0 bridgehead atoms. The molecule has 2 heteroatoms. The minimum absolute atomic E-state index is 0.145. The van der Waals surface area contributed by atoms with Gasteiger partial charge in [0.15, 0.2) is 0 Å². The van der Waals surface area contributed by atoms with E-state index in [0.29, 0.717) is 6.42 Å². The van der Waals surface area contributed by atoms with Crippen molar-refractivity contribution < 1.29 is 9.90 Å². The zero-order valence-electron chi connectivity index (χ0n) is 9.99. The van der Waals surface area contributed by atoms with Gasteiger partial charge < -0.3 is 5.11 Å². The van der Waals surface area contributed by atoms with Crippen LogP contribution in [0.3, 0.4) is 0 Å². The highest BCUT2D eigenvalue weighted by Crippen LogP contribution is 2.05. The van der Waals surface area contributed by atoms with E-state index in [0.717, 1.165) is 11.5 Å². The molecule has 1 N–H and O–H groups in total. The summed E-state index contributed by atoms with van der Waals surface area (Å²) in [6.07, 6.45) is 5.69. The molecule has 2 nitrogen and oxygen atoms in total. The normalized spacial score (nSPS) is 10.3. The van der Waals surface area contributed by atoms with Gasteiger partial charge in [-0.15, -0.1) is 0 Å². The Bertz CT molecular complexity index is 222. The van der Waals surface area contributed by atoms with E-state index in [2.05, 4.69) is 33.9 Å². The summed E-state index contributed by atoms with van der Waals surface area (Å²) in [5.41, 5.74) is 0.905. The van der Waals surface area contributed by atoms with Gasteiger partial charge in [0, 0.05) is 6.42 Å². The van der Waals surface area contributed by atoms with Crippen LogP contribution in [0.2, 0.25) is 0 Å². The predicted molar refractivity (Wildman–Crippen MR) is 65.9 cm³/mol. The van der Waals surface area contributed by atoms with E-state index in [1.807, 2.05) is 0 Å². The Hall–Kier alpha value is -1.31. The fourth-order valence-corrected chi connectivity index (χ4v) is 0.656. The summed E-state index contributed by atoms with van der Waals surface area (Å²) >= 11 is 0. The third-order valence-corrected chi connectivity index (χ3v) is 1.22. The molecule has 0 aliphatic carbocycles. The van der Waals surface area contributed by atoms with Crippen molar-refractivity contribution in [3.63, 3.8) is 0 Å². The van der Waals surface area contributed by atoms with Crippen LogP contribution in [-0.2, 0) is 4.79 Å². The van der Waals surface area contributed by atoms with E-state index in [1.54, 1.807) is 18.2 Å². The molecule has 86 valence electrons. The molecule has 0 saturated heterocycles. The Morgan fingerprint density at radius 2 is 1.73 bits per heavy atom. The SMILES string of the molecule is C=C/C=C(\C=C)CCC(=O)O.CC(C)C. The lowest BCUT2D eigenvalue weighted by atomic mass is 10.1. The van der Waals surface area contributed by atoms with Gasteiger partial charge in [0.25, 0.3) is 0 Å². The molecule has 0 aromatic heterocycles. The molecule has 0 saturated carbocycles. The number of carbonyl (C=O) groups is 1. The number of carboxylic acid groups (broad SMARTS) is 1. The fourth-order valence-electron chi connectivity index (χ4n) is 0.656. The number of aliphatic carboxylic acids is 1. The van der Waals surface area contributed by atoms with Crippen LogP contribution in [0.4, 0.5) is 0 Å². The molecule has 0 amide bonds. The van der Waals surface area contributed by atoms with Crippen LogP contribution in [0.5, 0.6) is 0 Å². The Morgan fingerprint density at radius 1 is 1.27 bits per heavy atom. The quantitative estimate of drug-likeness (QED) is 0.700. The van der Waals surface area contributed by atoms with E-state index >= 15 is 0 Å². The molecule has 0 heterocycles. The van der Waals surface area contributed by atoms with Gasteiger partial charge in [0.2, 0.25) is 0 Å². The Labute approximate surface area is 93.0 Å². The van der Waals surface area contributed by atoms with Crippen molar-refractivity contribution in [2.45, 2.75) is 33.6 Å². The zero-order chi connectivity index (χ0) is 12.3. The molecule has 0 aromatic rings. The second-order valence-corrected chi connectivity index (χ2v) is 3.81. The number of hydrogen-bond donors (Lipinski definition) is 1. The molecule has 15 heavy (non-hydrogen) atoms. The highest BCUT2D eigenvalue weighted by atomic mass is 16.4. The van der Waals surface area contributed by atoms with Crippen molar-refractivity contribution >= 4 is 5.97 Å². The van der Waals surface area contributed by atoms with Crippen LogP contribution in [-0.4, -0.2) is 11.1 Å². The Kier molecular flexibility index (Phi) is 11.6. The molecule has 0 radical (unpaired) electrons. The van der Waals surface area contributed by atoms with Crippen molar-refractivity contribution in [3.05, 3.63) is 37.0 Å². The van der Waals surface area contributed by atoms with Gasteiger partial charge in [-0.1, -0.05) is 52.2 Å². The first kappa shape index (κ1) is 16.1. The smallest absolute Gasteiger partial charge is 0.303 e. The molecule has 0 atom stereocenters. The first-order chi connectivity index (χ1) is 6.93. The highest BCUT2D eigenvalue weighted by molar-refractivity contribution is 5.67. The maximum atomic E-state index is 10.1. The van der Waals surface area contributed by atoms with Gasteiger partial charge in [0.1, 0.15) is 0 Å². The van der Waals surface area contributed by atoms with Gasteiger partial charge in [-0.2, -0.15) is 0 Å². The van der Waals surface area contributed by atoms with Gasteiger partial charge in [-0.05, 0) is 17.9 Å². The summed E-state index contributed by atoms with van der Waals surface area (Å²) < 4.78 is 0. The summed E-state index contributed by atoms with van der Waals surface area (Å²) in [5, 5.41) is 8.34. The van der Waals surface area contributed by atoms with E-state index in [1.165, 1.54) is 0 Å². The first-order valence-corrected chi connectivity index (χ1v) is 5.09. The number of rotatable bonds is 5. The lowest BCUT2D eigenvalue weighted by Gasteiger charge is -1.95. The lowest BCUT2D eigenvalue weighted by molar-refractivity contribution is -0.136. The molecular weight excluding hydrogens is 188 g/mol. The summed E-state index contributed by atoms with van der Waals surface area (Å²) in [4.78, 5) is 10.1. The Balaban J connectivity index is 0. The van der Waals surface area contributed by atoms with Crippen LogP contribution >= 0.6 is 0 Å². The van der Waals surface area contributed by atoms with Crippen LogP contribution in [0.1, 0.15) is 33.6 Å². The van der Waals surface area contributed by atoms with Crippen LogP contribution < -0.4 is 0 Å². The molecule has 0 aliphatic rings. The van der Waals surface area contributed by atoms with Crippen LogP contribution in [0.25, 0.3) is 0 Å². The first-order valence-electron chi connectivity index (χ1n) is 5.09. The third-order valence-electron chi connectivity index (χ3n) is 1.22. The van der Waals surface area contributed by atoms with Crippen molar-refractivity contribution in [1.29, 1.82) is 0 Å². The monoisotopic (exact) mass is 210 g/mol. The van der Waals surface area contributed by atoms with E-state index < -0.39 is 5.97 Å². The van der Waals surface area contributed by atoms with E-state index in [-0.39, 0.29) is 6.42 Å². The summed E-state index contributed by atoms with van der Waals surface area (Å²) in [5.74, 6) is 0.0433. The van der Waals surface area contributed by atoms with Crippen LogP contribution in [0, 0.1) is 5.92 Å². The molecule has 0 aliphatic heterocycles. The van der Waals surface area contributed by atoms with E-state index in [9.17, 15) is 4.79 Å². The summed E-state index contributed by atoms with van der Waals surface area (Å²) in [6.45, 7) is 13.6. The number of carboxylic acids is 1.